The monoisotopic (exact) mass is 379 g/mol. The second-order valence-corrected chi connectivity index (χ2v) is 6.33. The predicted octanol–water partition coefficient (Wildman–Crippen LogP) is 6.35. The van der Waals surface area contributed by atoms with E-state index in [0.29, 0.717) is 10.6 Å². The molecule has 0 aliphatic heterocycles. The lowest BCUT2D eigenvalue weighted by atomic mass is 10.1. The smallest absolute Gasteiger partial charge is 0.275 e. The lowest BCUT2D eigenvalue weighted by Gasteiger charge is -2.07. The van der Waals surface area contributed by atoms with Crippen molar-refractivity contribution in [3.8, 4) is 17.6 Å². The van der Waals surface area contributed by atoms with E-state index in [0.717, 1.165) is 22.6 Å². The number of nitriles is 1. The van der Waals surface area contributed by atoms with Crippen LogP contribution in [0.2, 0.25) is 5.02 Å². The maximum atomic E-state index is 8.87. The maximum absolute atomic E-state index is 8.87. The largest absolute Gasteiger partial charge is 0.441 e. The van der Waals surface area contributed by atoms with Gasteiger partial charge in [-0.3, -0.25) is 0 Å². The van der Waals surface area contributed by atoms with Crippen molar-refractivity contribution >= 4 is 32.8 Å². The molecule has 0 fully saturated rings. The van der Waals surface area contributed by atoms with Gasteiger partial charge in [0, 0.05) is 5.02 Å². The van der Waals surface area contributed by atoms with Crippen LogP contribution in [0.5, 0.6) is 11.5 Å². The number of benzene rings is 3. The molecule has 0 spiro atoms. The van der Waals surface area contributed by atoms with Crippen molar-refractivity contribution < 1.29 is 9.05 Å². The normalized spacial score (nSPS) is 10.9. The van der Waals surface area contributed by atoms with Crippen molar-refractivity contribution in [1.82, 2.24) is 0 Å². The summed E-state index contributed by atoms with van der Waals surface area (Å²) in [6.45, 7) is 0. The SMILES string of the molecule is N#Cc1ccc(/C=C/c2ccc(OPOc3ccccc3)cc2)c(Cl)c1. The number of hydrogen-bond acceptors (Lipinski definition) is 3. The van der Waals surface area contributed by atoms with Crippen molar-refractivity contribution in [2.75, 3.05) is 0 Å². The van der Waals surface area contributed by atoms with Crippen molar-refractivity contribution in [2.24, 2.45) is 0 Å². The van der Waals surface area contributed by atoms with E-state index in [-0.39, 0.29) is 9.03 Å². The molecule has 26 heavy (non-hydrogen) atoms. The van der Waals surface area contributed by atoms with E-state index in [1.807, 2.05) is 72.8 Å². The summed E-state index contributed by atoms with van der Waals surface area (Å²) >= 11 is 6.17. The van der Waals surface area contributed by atoms with Crippen molar-refractivity contribution in [3.05, 3.63) is 94.5 Å². The highest BCUT2D eigenvalue weighted by molar-refractivity contribution is 7.27. The van der Waals surface area contributed by atoms with E-state index in [9.17, 15) is 0 Å². The highest BCUT2D eigenvalue weighted by atomic mass is 35.5. The van der Waals surface area contributed by atoms with E-state index in [4.69, 9.17) is 25.9 Å². The molecule has 1 unspecified atom stereocenters. The fourth-order valence-electron chi connectivity index (χ4n) is 2.17. The van der Waals surface area contributed by atoms with E-state index in [1.54, 1.807) is 12.1 Å². The number of hydrogen-bond donors (Lipinski definition) is 0. The van der Waals surface area contributed by atoms with E-state index in [1.165, 1.54) is 0 Å². The summed E-state index contributed by atoms with van der Waals surface area (Å²) < 4.78 is 11.1. The molecule has 3 nitrogen and oxygen atoms in total. The Kier molecular flexibility index (Phi) is 6.28. The van der Waals surface area contributed by atoms with Gasteiger partial charge < -0.3 is 9.05 Å². The first-order chi connectivity index (χ1) is 12.7. The molecule has 0 amide bonds. The van der Waals surface area contributed by atoms with Crippen molar-refractivity contribution in [3.63, 3.8) is 0 Å². The zero-order valence-electron chi connectivity index (χ0n) is 13.7. The highest BCUT2D eigenvalue weighted by Gasteiger charge is 1.99. The van der Waals surface area contributed by atoms with Crippen LogP contribution in [0.15, 0.2) is 72.8 Å². The Hall–Kier alpha value is -2.79. The van der Waals surface area contributed by atoms with Gasteiger partial charge in [0.1, 0.15) is 11.5 Å². The summed E-state index contributed by atoms with van der Waals surface area (Å²) in [5.74, 6) is 1.53. The fraction of sp³-hybridized carbons (Fsp3) is 0. The number of para-hydroxylation sites is 1. The Bertz CT molecular complexity index is 934. The Morgan fingerprint density at radius 2 is 1.54 bits per heavy atom. The highest BCUT2D eigenvalue weighted by Crippen LogP contribution is 2.25. The summed E-state index contributed by atoms with van der Waals surface area (Å²) in [6.07, 6.45) is 3.87. The molecule has 1 atom stereocenters. The molecule has 0 radical (unpaired) electrons. The first-order valence-corrected chi connectivity index (χ1v) is 9.05. The van der Waals surface area contributed by atoms with E-state index in [2.05, 4.69) is 6.07 Å². The first kappa shape index (κ1) is 18.0. The summed E-state index contributed by atoms with van der Waals surface area (Å²) in [6, 6.07) is 24.5. The lowest BCUT2D eigenvalue weighted by Crippen LogP contribution is -1.85. The second-order valence-electron chi connectivity index (χ2n) is 5.35. The van der Waals surface area contributed by atoms with Gasteiger partial charge in [-0.1, -0.05) is 60.2 Å². The molecule has 3 aromatic rings. The van der Waals surface area contributed by atoms with Crippen LogP contribution in [0.1, 0.15) is 16.7 Å². The average Bonchev–Trinajstić information content (AvgIpc) is 2.69. The Balaban J connectivity index is 1.56. The van der Waals surface area contributed by atoms with Gasteiger partial charge in [-0.15, -0.1) is 0 Å². The topological polar surface area (TPSA) is 42.2 Å². The predicted molar refractivity (Wildman–Crippen MR) is 108 cm³/mol. The molecule has 0 N–H and O–H groups in total. The molecule has 0 saturated carbocycles. The molecule has 0 aromatic heterocycles. The fourth-order valence-corrected chi connectivity index (χ4v) is 2.92. The van der Waals surface area contributed by atoms with Crippen LogP contribution < -0.4 is 9.05 Å². The van der Waals surface area contributed by atoms with Gasteiger partial charge in [-0.25, -0.2) is 0 Å². The van der Waals surface area contributed by atoms with Gasteiger partial charge in [0.05, 0.1) is 11.6 Å². The Labute approximate surface area is 159 Å². The van der Waals surface area contributed by atoms with E-state index >= 15 is 0 Å². The minimum absolute atomic E-state index is 0.103. The Morgan fingerprint density at radius 3 is 2.19 bits per heavy atom. The average molecular weight is 380 g/mol. The van der Waals surface area contributed by atoms with Gasteiger partial charge in [0.25, 0.3) is 9.03 Å². The number of nitrogens with zero attached hydrogens (tertiary/aromatic N) is 1. The third-order valence-corrected chi connectivity index (χ3v) is 4.49. The minimum atomic E-state index is -0.103. The van der Waals surface area contributed by atoms with Crippen LogP contribution >= 0.6 is 20.6 Å². The quantitative estimate of drug-likeness (QED) is 0.370. The first-order valence-electron chi connectivity index (χ1n) is 7.86. The van der Waals surface area contributed by atoms with Gasteiger partial charge >= 0.3 is 0 Å². The minimum Gasteiger partial charge on any atom is -0.441 e. The van der Waals surface area contributed by atoms with Crippen LogP contribution in [0, 0.1) is 11.3 Å². The summed E-state index contributed by atoms with van der Waals surface area (Å²) in [7, 11) is -0.103. The second kappa shape index (κ2) is 9.06. The van der Waals surface area contributed by atoms with Gasteiger partial charge in [0.2, 0.25) is 0 Å². The molecular formula is C21H15ClNO2P. The van der Waals surface area contributed by atoms with Crippen molar-refractivity contribution in [2.45, 2.75) is 0 Å². The molecule has 5 heteroatoms. The van der Waals surface area contributed by atoms with Crippen molar-refractivity contribution in [1.29, 1.82) is 5.26 Å². The van der Waals surface area contributed by atoms with Crippen LogP contribution in [-0.2, 0) is 0 Å². The molecule has 0 aliphatic carbocycles. The van der Waals surface area contributed by atoms with E-state index < -0.39 is 0 Å². The molecule has 0 saturated heterocycles. The molecular weight excluding hydrogens is 365 g/mol. The molecule has 3 aromatic carbocycles. The zero-order valence-corrected chi connectivity index (χ0v) is 15.5. The summed E-state index contributed by atoms with van der Waals surface area (Å²) in [4.78, 5) is 0. The number of rotatable bonds is 6. The van der Waals surface area contributed by atoms with Crippen LogP contribution in [0.4, 0.5) is 0 Å². The molecule has 0 bridgehead atoms. The molecule has 0 heterocycles. The van der Waals surface area contributed by atoms with Gasteiger partial charge in [0.15, 0.2) is 0 Å². The lowest BCUT2D eigenvalue weighted by molar-refractivity contribution is 0.516. The summed E-state index contributed by atoms with van der Waals surface area (Å²) in [5.41, 5.74) is 2.43. The summed E-state index contributed by atoms with van der Waals surface area (Å²) in [5, 5.41) is 9.42. The number of halogens is 1. The van der Waals surface area contributed by atoms with Crippen LogP contribution in [-0.4, -0.2) is 0 Å². The molecule has 0 aliphatic rings. The third kappa shape index (κ3) is 5.10. The van der Waals surface area contributed by atoms with Crippen LogP contribution in [0.25, 0.3) is 12.2 Å². The van der Waals surface area contributed by atoms with Gasteiger partial charge in [-0.2, -0.15) is 5.26 Å². The van der Waals surface area contributed by atoms with Crippen LogP contribution in [0.3, 0.4) is 0 Å². The maximum Gasteiger partial charge on any atom is 0.275 e. The zero-order chi connectivity index (χ0) is 18.2. The Morgan fingerprint density at radius 1 is 0.846 bits per heavy atom. The van der Waals surface area contributed by atoms with Gasteiger partial charge in [-0.05, 0) is 47.5 Å². The third-order valence-electron chi connectivity index (χ3n) is 3.53. The standard InChI is InChI=1S/C21H15ClNO2P/c22-21-14-17(15-23)7-11-18(21)10-6-16-8-12-20(13-9-16)25-26-24-19-4-2-1-3-5-19/h1-14,26H/b10-6+. The molecule has 128 valence electrons. The molecule has 3 rings (SSSR count).